The number of rotatable bonds is 6. The number of benzene rings is 1. The van der Waals surface area contributed by atoms with Crippen LogP contribution >= 0.6 is 0 Å². The highest BCUT2D eigenvalue weighted by atomic mass is 32.2. The van der Waals surface area contributed by atoms with E-state index in [1.807, 2.05) is 30.5 Å². The number of sulfonamides is 1. The molecule has 0 radical (unpaired) electrons. The first-order valence-corrected chi connectivity index (χ1v) is 11.7. The predicted octanol–water partition coefficient (Wildman–Crippen LogP) is 3.85. The van der Waals surface area contributed by atoms with Gasteiger partial charge in [0.15, 0.2) is 0 Å². The third-order valence-electron chi connectivity index (χ3n) is 5.00. The highest BCUT2D eigenvalue weighted by Gasteiger charge is 2.28. The van der Waals surface area contributed by atoms with Crippen LogP contribution in [0.25, 0.3) is 0 Å². The van der Waals surface area contributed by atoms with E-state index in [2.05, 4.69) is 33.8 Å². The molecule has 164 valence electrons. The zero-order valence-corrected chi connectivity index (χ0v) is 19.2. The van der Waals surface area contributed by atoms with Gasteiger partial charge >= 0.3 is 0 Å². The standard InChI is InChI=1S/C22H32N4O3S/c1-16-14-26(15-17(2)29-16)21-11-10-20(13-24-21)23-12-18-6-8-19(9-7-18)25-30(27,28)22(3,4)5/h6-11,13,16-17,23,25H,12,14-15H2,1-5H3/t16-,17+. The van der Waals surface area contributed by atoms with Gasteiger partial charge in [0.1, 0.15) is 5.82 Å². The predicted molar refractivity (Wildman–Crippen MR) is 123 cm³/mol. The summed E-state index contributed by atoms with van der Waals surface area (Å²) < 4.78 is 32.1. The van der Waals surface area contributed by atoms with Crippen LogP contribution in [0.1, 0.15) is 40.2 Å². The Morgan fingerprint density at radius 1 is 1.03 bits per heavy atom. The van der Waals surface area contributed by atoms with Crippen LogP contribution in [0, 0.1) is 0 Å². The number of pyridine rings is 1. The Morgan fingerprint density at radius 3 is 2.17 bits per heavy atom. The van der Waals surface area contributed by atoms with E-state index in [0.29, 0.717) is 12.2 Å². The molecule has 0 saturated carbocycles. The van der Waals surface area contributed by atoms with E-state index >= 15 is 0 Å². The van der Waals surface area contributed by atoms with Gasteiger partial charge < -0.3 is 15.0 Å². The second-order valence-electron chi connectivity index (χ2n) is 8.84. The van der Waals surface area contributed by atoms with Crippen molar-refractivity contribution in [2.45, 2.75) is 58.1 Å². The first kappa shape index (κ1) is 22.4. The van der Waals surface area contributed by atoms with Crippen molar-refractivity contribution in [3.8, 4) is 0 Å². The minimum absolute atomic E-state index is 0.198. The Morgan fingerprint density at radius 2 is 1.63 bits per heavy atom. The maximum atomic E-state index is 12.3. The van der Waals surface area contributed by atoms with Gasteiger partial charge in [0.05, 0.1) is 28.8 Å². The van der Waals surface area contributed by atoms with Crippen molar-refractivity contribution in [1.82, 2.24) is 4.98 Å². The molecule has 1 aliphatic heterocycles. The molecule has 0 unspecified atom stereocenters. The van der Waals surface area contributed by atoms with E-state index in [1.54, 1.807) is 32.9 Å². The molecule has 0 aliphatic carbocycles. The van der Waals surface area contributed by atoms with Gasteiger partial charge in [-0.15, -0.1) is 0 Å². The maximum absolute atomic E-state index is 12.3. The number of morpholine rings is 1. The van der Waals surface area contributed by atoms with Crippen molar-refractivity contribution >= 4 is 27.2 Å². The van der Waals surface area contributed by atoms with Gasteiger partial charge in [-0.3, -0.25) is 4.72 Å². The van der Waals surface area contributed by atoms with Gasteiger partial charge in [-0.2, -0.15) is 0 Å². The normalized spacial score (nSPS) is 20.1. The molecule has 30 heavy (non-hydrogen) atoms. The molecule has 2 aromatic rings. The maximum Gasteiger partial charge on any atom is 0.237 e. The van der Waals surface area contributed by atoms with Gasteiger partial charge in [0, 0.05) is 25.3 Å². The molecule has 1 aliphatic rings. The van der Waals surface area contributed by atoms with Gasteiger partial charge in [0.25, 0.3) is 0 Å². The zero-order valence-electron chi connectivity index (χ0n) is 18.3. The van der Waals surface area contributed by atoms with Crippen LogP contribution in [0.2, 0.25) is 0 Å². The van der Waals surface area contributed by atoms with Crippen LogP contribution in [0.4, 0.5) is 17.2 Å². The monoisotopic (exact) mass is 432 g/mol. The van der Waals surface area contributed by atoms with Gasteiger partial charge in [-0.05, 0) is 64.4 Å². The average molecular weight is 433 g/mol. The molecule has 0 spiro atoms. The Balaban J connectivity index is 1.56. The molecule has 0 amide bonds. The summed E-state index contributed by atoms with van der Waals surface area (Å²) in [5, 5.41) is 3.36. The number of hydrogen-bond acceptors (Lipinski definition) is 6. The fourth-order valence-electron chi connectivity index (χ4n) is 3.25. The number of ether oxygens (including phenoxy) is 1. The SMILES string of the molecule is C[C@@H]1CN(c2ccc(NCc3ccc(NS(=O)(=O)C(C)(C)C)cc3)cn2)C[C@H](C)O1. The first-order chi connectivity index (χ1) is 14.0. The van der Waals surface area contributed by atoms with Crippen molar-refractivity contribution < 1.29 is 13.2 Å². The van der Waals surface area contributed by atoms with Crippen LogP contribution in [-0.4, -0.2) is 43.4 Å². The molecule has 2 atom stereocenters. The quantitative estimate of drug-likeness (QED) is 0.721. The number of hydrogen-bond donors (Lipinski definition) is 2. The summed E-state index contributed by atoms with van der Waals surface area (Å²) in [6.07, 6.45) is 2.24. The molecule has 0 bridgehead atoms. The van der Waals surface area contributed by atoms with E-state index in [-0.39, 0.29) is 12.2 Å². The smallest absolute Gasteiger partial charge is 0.237 e. The molecule has 1 aromatic carbocycles. The van der Waals surface area contributed by atoms with Crippen molar-refractivity contribution in [3.05, 3.63) is 48.2 Å². The Labute approximate surface area is 179 Å². The fourth-order valence-corrected chi connectivity index (χ4v) is 4.00. The summed E-state index contributed by atoms with van der Waals surface area (Å²) in [5.41, 5.74) is 2.55. The minimum atomic E-state index is -3.43. The van der Waals surface area contributed by atoms with Crippen molar-refractivity contribution in [3.63, 3.8) is 0 Å². The van der Waals surface area contributed by atoms with Gasteiger partial charge in [0.2, 0.25) is 10.0 Å². The Bertz CT molecular complexity index is 928. The summed E-state index contributed by atoms with van der Waals surface area (Å²) in [5.74, 6) is 0.957. The molecular formula is C22H32N4O3S. The van der Waals surface area contributed by atoms with E-state index in [1.165, 1.54) is 0 Å². The molecule has 2 heterocycles. The van der Waals surface area contributed by atoms with Crippen LogP contribution in [0.3, 0.4) is 0 Å². The molecule has 2 N–H and O–H groups in total. The third-order valence-corrected chi connectivity index (χ3v) is 7.12. The van der Waals surface area contributed by atoms with Gasteiger partial charge in [-0.25, -0.2) is 13.4 Å². The number of anilines is 3. The highest BCUT2D eigenvalue weighted by Crippen LogP contribution is 2.21. The summed E-state index contributed by atoms with van der Waals surface area (Å²) >= 11 is 0. The molecular weight excluding hydrogens is 400 g/mol. The van der Waals surface area contributed by atoms with Crippen LogP contribution in [-0.2, 0) is 21.3 Å². The van der Waals surface area contributed by atoms with Crippen molar-refractivity contribution in [2.75, 3.05) is 28.0 Å². The highest BCUT2D eigenvalue weighted by molar-refractivity contribution is 7.94. The second kappa shape index (κ2) is 8.81. The molecule has 8 heteroatoms. The lowest BCUT2D eigenvalue weighted by Crippen LogP contribution is -2.45. The lowest BCUT2D eigenvalue weighted by molar-refractivity contribution is -0.00545. The Hall–Kier alpha value is -2.32. The number of nitrogens with zero attached hydrogens (tertiary/aromatic N) is 2. The Kier molecular flexibility index (Phi) is 6.57. The molecule has 1 aromatic heterocycles. The summed E-state index contributed by atoms with van der Waals surface area (Å²) in [6, 6.07) is 11.4. The average Bonchev–Trinajstić information content (AvgIpc) is 2.66. The molecule has 3 rings (SSSR count). The third kappa shape index (κ3) is 5.64. The lowest BCUT2D eigenvalue weighted by atomic mass is 10.2. The molecule has 1 fully saturated rings. The summed E-state index contributed by atoms with van der Waals surface area (Å²) in [7, 11) is -3.43. The number of aromatic nitrogens is 1. The van der Waals surface area contributed by atoms with E-state index in [4.69, 9.17) is 4.74 Å². The topological polar surface area (TPSA) is 83.6 Å². The summed E-state index contributed by atoms with van der Waals surface area (Å²) in [4.78, 5) is 6.84. The minimum Gasteiger partial charge on any atom is -0.380 e. The first-order valence-electron chi connectivity index (χ1n) is 10.2. The van der Waals surface area contributed by atoms with Crippen LogP contribution in [0.15, 0.2) is 42.6 Å². The van der Waals surface area contributed by atoms with Crippen LogP contribution in [0.5, 0.6) is 0 Å². The zero-order chi connectivity index (χ0) is 21.9. The van der Waals surface area contributed by atoms with Crippen molar-refractivity contribution in [2.24, 2.45) is 0 Å². The van der Waals surface area contributed by atoms with E-state index in [0.717, 1.165) is 30.2 Å². The number of nitrogens with one attached hydrogen (secondary N) is 2. The van der Waals surface area contributed by atoms with Crippen LogP contribution < -0.4 is 14.9 Å². The lowest BCUT2D eigenvalue weighted by Gasteiger charge is -2.36. The molecule has 7 nitrogen and oxygen atoms in total. The van der Waals surface area contributed by atoms with E-state index in [9.17, 15) is 8.42 Å². The molecule has 1 saturated heterocycles. The fraction of sp³-hybridized carbons (Fsp3) is 0.500. The second-order valence-corrected chi connectivity index (χ2v) is 11.3. The van der Waals surface area contributed by atoms with E-state index < -0.39 is 14.8 Å². The van der Waals surface area contributed by atoms with Gasteiger partial charge in [-0.1, -0.05) is 12.1 Å². The largest absolute Gasteiger partial charge is 0.380 e. The summed E-state index contributed by atoms with van der Waals surface area (Å²) in [6.45, 7) is 11.5. The van der Waals surface area contributed by atoms with Crippen molar-refractivity contribution in [1.29, 1.82) is 0 Å².